The first-order valence-corrected chi connectivity index (χ1v) is 6.84. The van der Waals surface area contributed by atoms with Crippen LogP contribution in [0.4, 0.5) is 0 Å². The van der Waals surface area contributed by atoms with E-state index in [1.807, 2.05) is 14.1 Å². The van der Waals surface area contributed by atoms with Crippen LogP contribution in [0.2, 0.25) is 0 Å². The van der Waals surface area contributed by atoms with Crippen molar-refractivity contribution in [3.8, 4) is 0 Å². The second-order valence-corrected chi connectivity index (χ2v) is 6.46. The van der Waals surface area contributed by atoms with Gasteiger partial charge in [-0.3, -0.25) is 0 Å². The van der Waals surface area contributed by atoms with Gasteiger partial charge in [0.1, 0.15) is 0 Å². The third-order valence-electron chi connectivity index (χ3n) is 2.12. The highest BCUT2D eigenvalue weighted by Crippen LogP contribution is 1.95. The molecular formula is C9H22N2O2S. The first kappa shape index (κ1) is 13.9. The van der Waals surface area contributed by atoms with Crippen molar-refractivity contribution >= 4 is 9.84 Å². The molecule has 0 bridgehead atoms. The average molecular weight is 222 g/mol. The monoisotopic (exact) mass is 222 g/mol. The van der Waals surface area contributed by atoms with E-state index in [2.05, 4.69) is 10.2 Å². The van der Waals surface area contributed by atoms with Crippen molar-refractivity contribution in [2.75, 3.05) is 40.0 Å². The maximum atomic E-state index is 11.1. The van der Waals surface area contributed by atoms with Crippen molar-refractivity contribution in [2.24, 2.45) is 0 Å². The molecule has 1 atom stereocenters. The Morgan fingerprint density at radius 3 is 2.36 bits per heavy atom. The highest BCUT2D eigenvalue weighted by atomic mass is 32.2. The molecule has 0 fully saturated rings. The van der Waals surface area contributed by atoms with Gasteiger partial charge in [-0.1, -0.05) is 0 Å². The van der Waals surface area contributed by atoms with Crippen molar-refractivity contribution in [3.05, 3.63) is 0 Å². The number of nitrogens with zero attached hydrogens (tertiary/aromatic N) is 1. The number of hydrogen-bond donors (Lipinski definition) is 1. The Balaban J connectivity index is 3.46. The van der Waals surface area contributed by atoms with Crippen molar-refractivity contribution < 1.29 is 8.42 Å². The molecule has 0 saturated carbocycles. The van der Waals surface area contributed by atoms with Crippen molar-refractivity contribution in [1.29, 1.82) is 0 Å². The van der Waals surface area contributed by atoms with E-state index in [9.17, 15) is 8.42 Å². The minimum atomic E-state index is -2.88. The summed E-state index contributed by atoms with van der Waals surface area (Å²) >= 11 is 0. The number of rotatable bonds is 7. The largest absolute Gasteiger partial charge is 0.315 e. The molecule has 0 aromatic carbocycles. The molecule has 0 aromatic rings. The minimum absolute atomic E-state index is 0.290. The smallest absolute Gasteiger partial charge is 0.151 e. The number of hydrogen-bond acceptors (Lipinski definition) is 4. The highest BCUT2D eigenvalue weighted by molar-refractivity contribution is 7.91. The van der Waals surface area contributed by atoms with Crippen LogP contribution in [0.25, 0.3) is 0 Å². The number of nitrogens with one attached hydrogen (secondary N) is 1. The van der Waals surface area contributed by atoms with Gasteiger partial charge < -0.3 is 10.2 Å². The van der Waals surface area contributed by atoms with E-state index in [0.717, 1.165) is 19.5 Å². The summed E-state index contributed by atoms with van der Waals surface area (Å²) in [7, 11) is 1.17. The quantitative estimate of drug-likeness (QED) is 0.614. The predicted octanol–water partition coefficient (Wildman–Crippen LogP) is -0.0392. The maximum absolute atomic E-state index is 11.1. The Bertz CT molecular complexity index is 237. The van der Waals surface area contributed by atoms with Crippen LogP contribution >= 0.6 is 0 Å². The lowest BCUT2D eigenvalue weighted by Gasteiger charge is -2.12. The molecular weight excluding hydrogens is 200 g/mol. The molecule has 0 saturated heterocycles. The lowest BCUT2D eigenvalue weighted by molar-refractivity contribution is 0.394. The fourth-order valence-corrected chi connectivity index (χ4v) is 1.40. The molecule has 0 radical (unpaired) electrons. The fourth-order valence-electron chi connectivity index (χ4n) is 0.977. The first-order chi connectivity index (χ1) is 6.34. The predicted molar refractivity (Wildman–Crippen MR) is 60.3 cm³/mol. The Hall–Kier alpha value is -0.130. The van der Waals surface area contributed by atoms with Gasteiger partial charge in [-0.05, 0) is 40.5 Å². The molecule has 5 heteroatoms. The molecule has 0 aromatic heterocycles. The molecule has 86 valence electrons. The summed E-state index contributed by atoms with van der Waals surface area (Å²) in [5.74, 6) is 0. The van der Waals surface area contributed by atoms with Gasteiger partial charge in [0.2, 0.25) is 0 Å². The zero-order valence-electron chi connectivity index (χ0n) is 9.58. The van der Waals surface area contributed by atoms with Crippen LogP contribution in [0.3, 0.4) is 0 Å². The van der Waals surface area contributed by atoms with Crippen LogP contribution in [0, 0.1) is 0 Å². The molecule has 4 nitrogen and oxygen atoms in total. The Morgan fingerprint density at radius 1 is 1.36 bits per heavy atom. The Labute approximate surface area is 87.6 Å². The normalized spacial score (nSPS) is 14.6. The van der Waals surface area contributed by atoms with E-state index < -0.39 is 9.84 Å². The van der Waals surface area contributed by atoms with Gasteiger partial charge in [-0.25, -0.2) is 8.42 Å². The lowest BCUT2D eigenvalue weighted by atomic mass is 10.4. The molecule has 14 heavy (non-hydrogen) atoms. The van der Waals surface area contributed by atoms with Crippen LogP contribution in [-0.4, -0.2) is 58.6 Å². The van der Waals surface area contributed by atoms with Crippen molar-refractivity contribution in [3.63, 3.8) is 0 Å². The second-order valence-electron chi connectivity index (χ2n) is 4.00. The van der Waals surface area contributed by atoms with Crippen molar-refractivity contribution in [2.45, 2.75) is 18.6 Å². The summed E-state index contributed by atoms with van der Waals surface area (Å²) in [6.45, 7) is 4.18. The van der Waals surface area contributed by atoms with E-state index in [4.69, 9.17) is 0 Å². The standard InChI is InChI=1S/C9H22N2O2S/c1-9(14(4,12)13)8-10-6-5-7-11(2)3/h9-10H,5-8H2,1-4H3. The van der Waals surface area contributed by atoms with Crippen LogP contribution < -0.4 is 5.32 Å². The third kappa shape index (κ3) is 7.29. The molecule has 1 N–H and O–H groups in total. The highest BCUT2D eigenvalue weighted by Gasteiger charge is 2.13. The zero-order chi connectivity index (χ0) is 11.2. The van der Waals surface area contributed by atoms with E-state index in [-0.39, 0.29) is 5.25 Å². The lowest BCUT2D eigenvalue weighted by Crippen LogP contribution is -2.32. The Kier molecular flexibility index (Phi) is 6.31. The van der Waals surface area contributed by atoms with Crippen LogP contribution in [0.15, 0.2) is 0 Å². The minimum Gasteiger partial charge on any atom is -0.315 e. The molecule has 0 spiro atoms. The van der Waals surface area contributed by atoms with Crippen LogP contribution in [0.5, 0.6) is 0 Å². The molecule has 0 aliphatic carbocycles. The van der Waals surface area contributed by atoms with E-state index in [1.165, 1.54) is 6.26 Å². The van der Waals surface area contributed by atoms with Gasteiger partial charge >= 0.3 is 0 Å². The molecule has 1 unspecified atom stereocenters. The van der Waals surface area contributed by atoms with Gasteiger partial charge in [0.15, 0.2) is 9.84 Å². The summed E-state index contributed by atoms with van der Waals surface area (Å²) in [6, 6.07) is 0. The SMILES string of the molecule is CC(CNCCCN(C)C)S(C)(=O)=O. The van der Waals surface area contributed by atoms with Crippen LogP contribution in [-0.2, 0) is 9.84 Å². The molecule has 0 amide bonds. The Morgan fingerprint density at radius 2 is 1.93 bits per heavy atom. The van der Waals surface area contributed by atoms with E-state index in [0.29, 0.717) is 6.54 Å². The van der Waals surface area contributed by atoms with E-state index in [1.54, 1.807) is 6.92 Å². The third-order valence-corrected chi connectivity index (χ3v) is 3.75. The number of sulfone groups is 1. The van der Waals surface area contributed by atoms with Crippen LogP contribution in [0.1, 0.15) is 13.3 Å². The fraction of sp³-hybridized carbons (Fsp3) is 1.00. The second kappa shape index (κ2) is 6.37. The molecule has 0 aliphatic rings. The van der Waals surface area contributed by atoms with Gasteiger partial charge in [0, 0.05) is 12.8 Å². The molecule has 0 aliphatic heterocycles. The summed E-state index contributed by atoms with van der Waals surface area (Å²) in [5, 5.41) is 2.85. The average Bonchev–Trinajstić information content (AvgIpc) is 2.01. The first-order valence-electron chi connectivity index (χ1n) is 4.88. The topological polar surface area (TPSA) is 49.4 Å². The summed E-state index contributed by atoms with van der Waals surface area (Å²) in [4.78, 5) is 2.11. The van der Waals surface area contributed by atoms with Gasteiger partial charge in [-0.15, -0.1) is 0 Å². The zero-order valence-corrected chi connectivity index (χ0v) is 10.4. The van der Waals surface area contributed by atoms with Crippen molar-refractivity contribution in [1.82, 2.24) is 10.2 Å². The van der Waals surface area contributed by atoms with E-state index >= 15 is 0 Å². The maximum Gasteiger partial charge on any atom is 0.151 e. The summed E-state index contributed by atoms with van der Waals surface area (Å²) < 4.78 is 22.1. The summed E-state index contributed by atoms with van der Waals surface area (Å²) in [6.07, 6.45) is 2.32. The van der Waals surface area contributed by atoms with Gasteiger partial charge in [0.25, 0.3) is 0 Å². The van der Waals surface area contributed by atoms with Gasteiger partial charge in [0.05, 0.1) is 5.25 Å². The molecule has 0 heterocycles. The van der Waals surface area contributed by atoms with Gasteiger partial charge in [-0.2, -0.15) is 0 Å². The molecule has 0 rings (SSSR count). The summed E-state index contributed by atoms with van der Waals surface area (Å²) in [5.41, 5.74) is 0.